The molecule has 0 spiro atoms. The van der Waals surface area contributed by atoms with Crippen LogP contribution in [0.4, 0.5) is 17.1 Å². The molecule has 0 saturated carbocycles. The minimum absolute atomic E-state index is 0.313. The molecule has 0 aliphatic heterocycles. The Morgan fingerprint density at radius 1 is 1.14 bits per heavy atom. The molecule has 0 aromatic heterocycles. The highest BCUT2D eigenvalue weighted by Crippen LogP contribution is 2.34. The van der Waals surface area contributed by atoms with Gasteiger partial charge in [0.2, 0.25) is 0 Å². The third kappa shape index (κ3) is 3.00. The summed E-state index contributed by atoms with van der Waals surface area (Å²) >= 11 is 0. The number of rotatable bonds is 5. The summed E-state index contributed by atoms with van der Waals surface area (Å²) in [6, 6.07) is 10.2. The van der Waals surface area contributed by atoms with E-state index in [1.165, 1.54) is 0 Å². The molecule has 0 saturated heterocycles. The summed E-state index contributed by atoms with van der Waals surface area (Å²) in [4.78, 5) is 11.5. The number of nitrogens with one attached hydrogen (secondary N) is 1. The van der Waals surface area contributed by atoms with E-state index in [1.54, 1.807) is 50.6 Å². The van der Waals surface area contributed by atoms with E-state index in [4.69, 9.17) is 20.9 Å². The molecular weight excluding hydrogens is 270 g/mol. The normalized spacial score (nSPS) is 10.0. The third-order valence-electron chi connectivity index (χ3n) is 3.03. The second-order valence-electron chi connectivity index (χ2n) is 4.33. The Balaban J connectivity index is 2.45. The van der Waals surface area contributed by atoms with Gasteiger partial charge in [-0.1, -0.05) is 6.07 Å². The van der Waals surface area contributed by atoms with Crippen molar-refractivity contribution in [1.82, 2.24) is 0 Å². The van der Waals surface area contributed by atoms with Crippen LogP contribution in [0.15, 0.2) is 36.4 Å². The number of anilines is 3. The van der Waals surface area contributed by atoms with Crippen LogP contribution in [-0.4, -0.2) is 20.1 Å². The average molecular weight is 287 g/mol. The van der Waals surface area contributed by atoms with E-state index in [-0.39, 0.29) is 0 Å². The van der Waals surface area contributed by atoms with Crippen molar-refractivity contribution >= 4 is 23.0 Å². The maximum atomic E-state index is 11.5. The van der Waals surface area contributed by atoms with Gasteiger partial charge >= 0.3 is 0 Å². The number of amides is 1. The molecule has 0 fully saturated rings. The van der Waals surface area contributed by atoms with Crippen LogP contribution in [0.2, 0.25) is 0 Å². The topological polar surface area (TPSA) is 99.6 Å². The fourth-order valence-electron chi connectivity index (χ4n) is 1.95. The zero-order chi connectivity index (χ0) is 15.4. The van der Waals surface area contributed by atoms with Gasteiger partial charge in [-0.3, -0.25) is 4.79 Å². The van der Waals surface area contributed by atoms with Crippen LogP contribution in [0, 0.1) is 0 Å². The van der Waals surface area contributed by atoms with Crippen molar-refractivity contribution in [2.24, 2.45) is 5.73 Å². The summed E-state index contributed by atoms with van der Waals surface area (Å²) in [7, 11) is 3.12. The van der Waals surface area contributed by atoms with E-state index in [1.807, 2.05) is 0 Å². The van der Waals surface area contributed by atoms with Crippen LogP contribution in [0.5, 0.6) is 11.5 Å². The highest BCUT2D eigenvalue weighted by molar-refractivity contribution is 6.02. The number of methoxy groups -OCH3 is 2. The lowest BCUT2D eigenvalue weighted by Gasteiger charge is -2.16. The Labute approximate surface area is 122 Å². The highest BCUT2D eigenvalue weighted by Gasteiger charge is 2.13. The van der Waals surface area contributed by atoms with Crippen LogP contribution >= 0.6 is 0 Å². The van der Waals surface area contributed by atoms with Gasteiger partial charge in [-0.15, -0.1) is 0 Å². The number of primary amides is 1. The first-order valence-electron chi connectivity index (χ1n) is 6.24. The van der Waals surface area contributed by atoms with Gasteiger partial charge in [-0.25, -0.2) is 0 Å². The number of hydrogen-bond donors (Lipinski definition) is 3. The molecule has 5 N–H and O–H groups in total. The lowest BCUT2D eigenvalue weighted by atomic mass is 10.1. The maximum Gasteiger partial charge on any atom is 0.250 e. The zero-order valence-corrected chi connectivity index (χ0v) is 11.8. The van der Waals surface area contributed by atoms with Crippen molar-refractivity contribution in [2.75, 3.05) is 25.3 Å². The molecule has 6 heteroatoms. The Kier molecular flexibility index (Phi) is 4.18. The number of nitrogen functional groups attached to an aromatic ring is 1. The van der Waals surface area contributed by atoms with Crippen molar-refractivity contribution < 1.29 is 14.3 Å². The molecule has 0 aliphatic carbocycles. The van der Waals surface area contributed by atoms with E-state index in [0.717, 1.165) is 0 Å². The van der Waals surface area contributed by atoms with E-state index < -0.39 is 5.91 Å². The standard InChI is InChI=1S/C15H17N3O3/c1-20-9-6-7-12(13(8-9)21-2)18-14-10(15(17)19)4-3-5-11(14)16/h3-8,18H,16H2,1-2H3,(H2,17,19). The average Bonchev–Trinajstić information content (AvgIpc) is 2.49. The van der Waals surface area contributed by atoms with Crippen molar-refractivity contribution in [2.45, 2.75) is 0 Å². The zero-order valence-electron chi connectivity index (χ0n) is 11.8. The van der Waals surface area contributed by atoms with Crippen LogP contribution in [-0.2, 0) is 0 Å². The Morgan fingerprint density at radius 2 is 1.90 bits per heavy atom. The molecular formula is C15H17N3O3. The molecule has 0 atom stereocenters. The quantitative estimate of drug-likeness (QED) is 0.731. The van der Waals surface area contributed by atoms with Gasteiger partial charge in [0.1, 0.15) is 11.5 Å². The summed E-state index contributed by atoms with van der Waals surface area (Å²) < 4.78 is 10.4. The highest BCUT2D eigenvalue weighted by atomic mass is 16.5. The molecule has 2 aromatic carbocycles. The third-order valence-corrected chi connectivity index (χ3v) is 3.03. The molecule has 2 aromatic rings. The molecule has 0 aliphatic rings. The molecule has 0 radical (unpaired) electrons. The second kappa shape index (κ2) is 6.04. The van der Waals surface area contributed by atoms with Gasteiger partial charge in [0.15, 0.2) is 0 Å². The van der Waals surface area contributed by atoms with Crippen molar-refractivity contribution in [3.8, 4) is 11.5 Å². The number of ether oxygens (including phenoxy) is 2. The van der Waals surface area contributed by atoms with E-state index >= 15 is 0 Å². The van der Waals surface area contributed by atoms with E-state index in [0.29, 0.717) is 34.1 Å². The van der Waals surface area contributed by atoms with Gasteiger partial charge in [0, 0.05) is 6.07 Å². The van der Waals surface area contributed by atoms with Gasteiger partial charge in [-0.05, 0) is 24.3 Å². The number of benzene rings is 2. The van der Waals surface area contributed by atoms with Gasteiger partial charge < -0.3 is 26.3 Å². The Morgan fingerprint density at radius 3 is 2.52 bits per heavy atom. The fraction of sp³-hybridized carbons (Fsp3) is 0.133. The summed E-state index contributed by atoms with van der Waals surface area (Å²) in [5.41, 5.74) is 13.1. The van der Waals surface area contributed by atoms with Crippen molar-refractivity contribution in [3.63, 3.8) is 0 Å². The maximum absolute atomic E-state index is 11.5. The summed E-state index contributed by atoms with van der Waals surface area (Å²) in [6.45, 7) is 0. The lowest BCUT2D eigenvalue weighted by molar-refractivity contribution is 0.100. The molecule has 1 amide bonds. The van der Waals surface area contributed by atoms with Gasteiger partial charge in [-0.2, -0.15) is 0 Å². The summed E-state index contributed by atoms with van der Waals surface area (Å²) in [5, 5.41) is 3.09. The number of nitrogens with two attached hydrogens (primary N) is 2. The summed E-state index contributed by atoms with van der Waals surface area (Å²) in [5.74, 6) is 0.666. The molecule has 0 heterocycles. The van der Waals surface area contributed by atoms with Crippen molar-refractivity contribution in [3.05, 3.63) is 42.0 Å². The molecule has 110 valence electrons. The first-order chi connectivity index (χ1) is 10.1. The molecule has 0 bridgehead atoms. The number of hydrogen-bond acceptors (Lipinski definition) is 5. The van der Waals surface area contributed by atoms with E-state index in [2.05, 4.69) is 5.32 Å². The predicted octanol–water partition coefficient (Wildman–Crippen LogP) is 2.13. The largest absolute Gasteiger partial charge is 0.497 e. The van der Waals surface area contributed by atoms with E-state index in [9.17, 15) is 4.79 Å². The Hall–Kier alpha value is -2.89. The first kappa shape index (κ1) is 14.5. The number of carbonyl (C=O) groups excluding carboxylic acids is 1. The Bertz CT molecular complexity index is 671. The second-order valence-corrected chi connectivity index (χ2v) is 4.33. The van der Waals surface area contributed by atoms with Crippen LogP contribution < -0.4 is 26.3 Å². The van der Waals surface area contributed by atoms with Crippen LogP contribution in [0.25, 0.3) is 0 Å². The smallest absolute Gasteiger partial charge is 0.250 e. The first-order valence-corrected chi connectivity index (χ1v) is 6.24. The predicted molar refractivity (Wildman–Crippen MR) is 82.2 cm³/mol. The lowest BCUT2D eigenvalue weighted by Crippen LogP contribution is -2.14. The number of para-hydroxylation sites is 1. The minimum atomic E-state index is -0.558. The van der Waals surface area contributed by atoms with Gasteiger partial charge in [0.25, 0.3) is 5.91 Å². The molecule has 2 rings (SSSR count). The summed E-state index contributed by atoms with van der Waals surface area (Å²) in [6.07, 6.45) is 0. The van der Waals surface area contributed by atoms with Gasteiger partial charge in [0.05, 0.1) is 36.8 Å². The molecule has 0 unspecified atom stereocenters. The monoisotopic (exact) mass is 287 g/mol. The minimum Gasteiger partial charge on any atom is -0.497 e. The molecule has 21 heavy (non-hydrogen) atoms. The number of carbonyl (C=O) groups is 1. The van der Waals surface area contributed by atoms with Crippen molar-refractivity contribution in [1.29, 1.82) is 0 Å². The van der Waals surface area contributed by atoms with Crippen LogP contribution in [0.1, 0.15) is 10.4 Å². The SMILES string of the molecule is COc1ccc(Nc2c(N)cccc2C(N)=O)c(OC)c1. The van der Waals surface area contributed by atoms with Crippen LogP contribution in [0.3, 0.4) is 0 Å². The fourth-order valence-corrected chi connectivity index (χ4v) is 1.95. The molecule has 6 nitrogen and oxygen atoms in total.